The molecule has 2 rings (SSSR count). The number of benzene rings is 2. The highest BCUT2D eigenvalue weighted by molar-refractivity contribution is 5.97. The first kappa shape index (κ1) is 11.9. The van der Waals surface area contributed by atoms with Crippen LogP contribution in [-0.2, 0) is 6.54 Å². The fourth-order valence-corrected chi connectivity index (χ4v) is 1.56. The predicted octanol–water partition coefficient (Wildman–Crippen LogP) is 2.46. The first-order chi connectivity index (χ1) is 8.79. The maximum atomic E-state index is 8.70. The van der Waals surface area contributed by atoms with Crippen molar-refractivity contribution in [3.8, 4) is 6.07 Å². The lowest BCUT2D eigenvalue weighted by molar-refractivity contribution is 1.06. The summed E-state index contributed by atoms with van der Waals surface area (Å²) in [6.07, 6.45) is 0. The number of nitriles is 1. The quantitative estimate of drug-likeness (QED) is 0.656. The summed E-state index contributed by atoms with van der Waals surface area (Å²) in [5.74, 6) is 0.528. The number of rotatable bonds is 3. The third-order valence-electron chi connectivity index (χ3n) is 2.58. The molecular weight excluding hydrogens is 222 g/mol. The highest BCUT2D eigenvalue weighted by Crippen LogP contribution is 2.06. The van der Waals surface area contributed by atoms with E-state index in [0.717, 1.165) is 11.1 Å². The molecular formula is C15H13N3. The summed E-state index contributed by atoms with van der Waals surface area (Å²) in [7, 11) is 0. The van der Waals surface area contributed by atoms with Gasteiger partial charge in [0, 0.05) is 5.56 Å². The summed E-state index contributed by atoms with van der Waals surface area (Å²) in [6.45, 7) is 0.520. The van der Waals surface area contributed by atoms with Gasteiger partial charge in [-0.2, -0.15) is 5.26 Å². The Morgan fingerprint density at radius 2 is 1.72 bits per heavy atom. The highest BCUT2D eigenvalue weighted by Gasteiger charge is 1.97. The molecule has 0 bridgehead atoms. The van der Waals surface area contributed by atoms with Crippen LogP contribution < -0.4 is 5.73 Å². The average Bonchev–Trinajstić information content (AvgIpc) is 2.46. The molecule has 0 spiro atoms. The Kier molecular flexibility index (Phi) is 3.72. The van der Waals surface area contributed by atoms with E-state index in [1.54, 1.807) is 12.1 Å². The molecule has 0 heterocycles. The zero-order valence-corrected chi connectivity index (χ0v) is 9.88. The fraction of sp³-hybridized carbons (Fsp3) is 0.0667. The lowest BCUT2D eigenvalue weighted by Crippen LogP contribution is -2.13. The minimum absolute atomic E-state index is 0.520. The Bertz CT molecular complexity index is 577. The summed E-state index contributed by atoms with van der Waals surface area (Å²) in [4.78, 5) is 4.33. The molecule has 88 valence electrons. The lowest BCUT2D eigenvalue weighted by atomic mass is 10.1. The molecule has 0 aromatic heterocycles. The molecule has 0 saturated carbocycles. The molecule has 2 aromatic rings. The monoisotopic (exact) mass is 235 g/mol. The van der Waals surface area contributed by atoms with Gasteiger partial charge in [-0.15, -0.1) is 0 Å². The molecule has 0 aliphatic rings. The van der Waals surface area contributed by atoms with Crippen molar-refractivity contribution >= 4 is 5.84 Å². The van der Waals surface area contributed by atoms with Crippen LogP contribution in [0.5, 0.6) is 0 Å². The largest absolute Gasteiger partial charge is 0.383 e. The fourth-order valence-electron chi connectivity index (χ4n) is 1.56. The van der Waals surface area contributed by atoms with Crippen molar-refractivity contribution in [2.24, 2.45) is 10.7 Å². The van der Waals surface area contributed by atoms with Crippen LogP contribution >= 0.6 is 0 Å². The first-order valence-electron chi connectivity index (χ1n) is 5.64. The van der Waals surface area contributed by atoms with Gasteiger partial charge in [-0.25, -0.2) is 0 Å². The van der Waals surface area contributed by atoms with Crippen LogP contribution in [0, 0.1) is 11.3 Å². The van der Waals surface area contributed by atoms with Crippen molar-refractivity contribution in [2.75, 3.05) is 0 Å². The van der Waals surface area contributed by atoms with Crippen LogP contribution in [0.2, 0.25) is 0 Å². The number of aliphatic imine (C=N–C) groups is 1. The second-order valence-electron chi connectivity index (χ2n) is 3.88. The number of nitrogens with zero attached hydrogens (tertiary/aromatic N) is 2. The normalized spacial score (nSPS) is 10.9. The molecule has 0 radical (unpaired) electrons. The van der Waals surface area contributed by atoms with E-state index >= 15 is 0 Å². The van der Waals surface area contributed by atoms with Crippen molar-refractivity contribution < 1.29 is 0 Å². The lowest BCUT2D eigenvalue weighted by Gasteiger charge is -2.01. The molecule has 3 nitrogen and oxygen atoms in total. The maximum absolute atomic E-state index is 8.70. The van der Waals surface area contributed by atoms with Crippen molar-refractivity contribution in [3.05, 3.63) is 71.3 Å². The van der Waals surface area contributed by atoms with Crippen molar-refractivity contribution in [3.63, 3.8) is 0 Å². The Morgan fingerprint density at radius 3 is 2.33 bits per heavy atom. The molecule has 0 fully saturated rings. The molecule has 2 N–H and O–H groups in total. The van der Waals surface area contributed by atoms with Crippen LogP contribution in [0.15, 0.2) is 59.6 Å². The van der Waals surface area contributed by atoms with Gasteiger partial charge >= 0.3 is 0 Å². The topological polar surface area (TPSA) is 62.2 Å². The summed E-state index contributed by atoms with van der Waals surface area (Å²) < 4.78 is 0. The van der Waals surface area contributed by atoms with Gasteiger partial charge in [0.15, 0.2) is 0 Å². The van der Waals surface area contributed by atoms with Gasteiger partial charge in [0.2, 0.25) is 0 Å². The van der Waals surface area contributed by atoms with Gasteiger partial charge in [0.25, 0.3) is 0 Å². The van der Waals surface area contributed by atoms with Crippen LogP contribution in [-0.4, -0.2) is 5.84 Å². The molecule has 2 aromatic carbocycles. The minimum Gasteiger partial charge on any atom is -0.383 e. The molecule has 0 amide bonds. The van der Waals surface area contributed by atoms with Crippen LogP contribution in [0.25, 0.3) is 0 Å². The van der Waals surface area contributed by atoms with Crippen LogP contribution in [0.3, 0.4) is 0 Å². The van der Waals surface area contributed by atoms with Gasteiger partial charge in [-0.05, 0) is 17.7 Å². The molecule has 0 saturated heterocycles. The van der Waals surface area contributed by atoms with Gasteiger partial charge in [-0.1, -0.05) is 42.5 Å². The van der Waals surface area contributed by atoms with Crippen LogP contribution in [0.1, 0.15) is 16.7 Å². The Balaban J connectivity index is 2.08. The number of hydrogen-bond acceptors (Lipinski definition) is 2. The second kappa shape index (κ2) is 5.65. The standard InChI is InChI=1S/C15H13N3/c16-10-12-6-8-13(9-7-12)11-18-15(17)14-4-2-1-3-5-14/h1-9H,11H2,(H2,17,18). The molecule has 0 atom stereocenters. The smallest absolute Gasteiger partial charge is 0.125 e. The SMILES string of the molecule is N#Cc1ccc(CN=C(N)c2ccccc2)cc1. The number of nitrogens with two attached hydrogens (primary N) is 1. The second-order valence-corrected chi connectivity index (χ2v) is 3.88. The third-order valence-corrected chi connectivity index (χ3v) is 2.58. The Hall–Kier alpha value is -2.60. The van der Waals surface area contributed by atoms with E-state index in [1.165, 1.54) is 0 Å². The Labute approximate surface area is 106 Å². The first-order valence-corrected chi connectivity index (χ1v) is 5.64. The summed E-state index contributed by atoms with van der Waals surface area (Å²) >= 11 is 0. The van der Waals surface area contributed by atoms with Gasteiger partial charge in [0.05, 0.1) is 18.2 Å². The number of amidine groups is 1. The van der Waals surface area contributed by atoms with Gasteiger partial charge in [-0.3, -0.25) is 4.99 Å². The molecule has 0 aliphatic carbocycles. The van der Waals surface area contributed by atoms with Gasteiger partial charge in [0.1, 0.15) is 5.84 Å². The van der Waals surface area contributed by atoms with E-state index in [-0.39, 0.29) is 0 Å². The zero-order chi connectivity index (χ0) is 12.8. The molecule has 0 aliphatic heterocycles. The van der Waals surface area contributed by atoms with E-state index < -0.39 is 0 Å². The Morgan fingerprint density at radius 1 is 1.06 bits per heavy atom. The number of hydrogen-bond donors (Lipinski definition) is 1. The predicted molar refractivity (Wildman–Crippen MR) is 72.0 cm³/mol. The van der Waals surface area contributed by atoms with E-state index in [2.05, 4.69) is 11.1 Å². The zero-order valence-electron chi connectivity index (χ0n) is 9.88. The van der Waals surface area contributed by atoms with E-state index in [4.69, 9.17) is 11.0 Å². The molecule has 3 heteroatoms. The maximum Gasteiger partial charge on any atom is 0.125 e. The average molecular weight is 235 g/mol. The molecule has 18 heavy (non-hydrogen) atoms. The highest BCUT2D eigenvalue weighted by atomic mass is 14.8. The third kappa shape index (κ3) is 2.96. The summed E-state index contributed by atoms with van der Waals surface area (Å²) in [5.41, 5.74) is 8.51. The van der Waals surface area contributed by atoms with Crippen molar-refractivity contribution in [1.82, 2.24) is 0 Å². The minimum atomic E-state index is 0.520. The van der Waals surface area contributed by atoms with E-state index in [9.17, 15) is 0 Å². The van der Waals surface area contributed by atoms with Crippen molar-refractivity contribution in [2.45, 2.75) is 6.54 Å². The summed E-state index contributed by atoms with van der Waals surface area (Å²) in [6, 6.07) is 19.1. The van der Waals surface area contributed by atoms with E-state index in [0.29, 0.717) is 17.9 Å². The van der Waals surface area contributed by atoms with E-state index in [1.807, 2.05) is 42.5 Å². The molecule has 0 unspecified atom stereocenters. The van der Waals surface area contributed by atoms with Crippen molar-refractivity contribution in [1.29, 1.82) is 5.26 Å². The summed E-state index contributed by atoms with van der Waals surface area (Å²) in [5, 5.41) is 8.70. The van der Waals surface area contributed by atoms with Gasteiger partial charge < -0.3 is 5.73 Å². The van der Waals surface area contributed by atoms with Crippen LogP contribution in [0.4, 0.5) is 0 Å².